The molecule has 0 aromatic carbocycles. The van der Waals surface area contributed by atoms with Crippen LogP contribution in [0.2, 0.25) is 0 Å². The molecule has 0 radical (unpaired) electrons. The number of amides is 4. The number of rotatable bonds is 5. The standard InChI is InChI=1S/C16H19N3O5S/c1-9(15(22)19-6-4-12-10(8-19)5-7-25-12)24-13(20)3-2-11-14(21)18-16(23)17-11/h5,7,9,11H,2-4,6,8H2,1H3,(H2,17,18,21,23)/t9-,11-/m0/s1. The molecule has 2 aliphatic heterocycles. The van der Waals surface area contributed by atoms with E-state index in [1.54, 1.807) is 23.2 Å². The topological polar surface area (TPSA) is 105 Å². The van der Waals surface area contributed by atoms with Gasteiger partial charge < -0.3 is 15.0 Å². The maximum atomic E-state index is 12.5. The molecule has 2 aliphatic rings. The monoisotopic (exact) mass is 365 g/mol. The van der Waals surface area contributed by atoms with Crippen LogP contribution in [0.4, 0.5) is 4.79 Å². The predicted octanol–water partition coefficient (Wildman–Crippen LogP) is 0.553. The highest BCUT2D eigenvalue weighted by Gasteiger charge is 2.31. The molecule has 0 aliphatic carbocycles. The summed E-state index contributed by atoms with van der Waals surface area (Å²) in [6, 6.07) is 0.715. The van der Waals surface area contributed by atoms with Gasteiger partial charge in [-0.15, -0.1) is 11.3 Å². The van der Waals surface area contributed by atoms with Crippen molar-refractivity contribution in [3.63, 3.8) is 0 Å². The van der Waals surface area contributed by atoms with Crippen molar-refractivity contribution in [2.45, 2.75) is 44.9 Å². The molecular weight excluding hydrogens is 346 g/mol. The van der Waals surface area contributed by atoms with Gasteiger partial charge in [0, 0.05) is 24.4 Å². The van der Waals surface area contributed by atoms with Gasteiger partial charge in [0.05, 0.1) is 0 Å². The highest BCUT2D eigenvalue weighted by atomic mass is 32.1. The minimum atomic E-state index is -0.875. The Morgan fingerprint density at radius 2 is 2.24 bits per heavy atom. The van der Waals surface area contributed by atoms with Crippen LogP contribution >= 0.6 is 11.3 Å². The normalized spacial score (nSPS) is 20.5. The summed E-state index contributed by atoms with van der Waals surface area (Å²) in [6.07, 6.45) is 0.0273. The molecule has 1 fully saturated rings. The second kappa shape index (κ2) is 7.22. The predicted molar refractivity (Wildman–Crippen MR) is 88.7 cm³/mol. The number of fused-ring (bicyclic) bond motifs is 1. The molecule has 25 heavy (non-hydrogen) atoms. The van der Waals surface area contributed by atoms with Gasteiger partial charge in [-0.1, -0.05) is 0 Å². The lowest BCUT2D eigenvalue weighted by Gasteiger charge is -2.29. The Labute approximate surface area is 148 Å². The van der Waals surface area contributed by atoms with E-state index in [-0.39, 0.29) is 18.7 Å². The quantitative estimate of drug-likeness (QED) is 0.586. The Morgan fingerprint density at radius 1 is 1.44 bits per heavy atom. The molecule has 9 heteroatoms. The van der Waals surface area contributed by atoms with Gasteiger partial charge >= 0.3 is 12.0 Å². The molecule has 2 atom stereocenters. The smallest absolute Gasteiger partial charge is 0.322 e. The number of ether oxygens (including phenoxy) is 1. The molecule has 134 valence electrons. The van der Waals surface area contributed by atoms with Gasteiger partial charge in [0.1, 0.15) is 6.04 Å². The summed E-state index contributed by atoms with van der Waals surface area (Å²) in [4.78, 5) is 49.8. The number of carbonyl (C=O) groups is 4. The summed E-state index contributed by atoms with van der Waals surface area (Å²) >= 11 is 1.69. The van der Waals surface area contributed by atoms with E-state index in [4.69, 9.17) is 4.74 Å². The van der Waals surface area contributed by atoms with Crippen molar-refractivity contribution in [2.75, 3.05) is 6.54 Å². The van der Waals surface area contributed by atoms with Gasteiger partial charge in [-0.2, -0.15) is 0 Å². The van der Waals surface area contributed by atoms with Crippen LogP contribution < -0.4 is 10.6 Å². The third-order valence-electron chi connectivity index (χ3n) is 4.27. The fraction of sp³-hybridized carbons (Fsp3) is 0.500. The van der Waals surface area contributed by atoms with E-state index in [2.05, 4.69) is 10.6 Å². The number of nitrogens with zero attached hydrogens (tertiary/aromatic N) is 1. The highest BCUT2D eigenvalue weighted by Crippen LogP contribution is 2.24. The zero-order valence-electron chi connectivity index (χ0n) is 13.7. The lowest BCUT2D eigenvalue weighted by atomic mass is 10.1. The first-order valence-corrected chi connectivity index (χ1v) is 8.97. The summed E-state index contributed by atoms with van der Waals surface area (Å²) in [6.45, 7) is 2.70. The second-order valence-corrected chi connectivity index (χ2v) is 7.07. The minimum absolute atomic E-state index is 0.0509. The van der Waals surface area contributed by atoms with Crippen LogP contribution in [-0.4, -0.2) is 47.4 Å². The van der Waals surface area contributed by atoms with Gasteiger partial charge in [0.25, 0.3) is 11.8 Å². The van der Waals surface area contributed by atoms with E-state index in [9.17, 15) is 19.2 Å². The van der Waals surface area contributed by atoms with E-state index in [0.717, 1.165) is 12.0 Å². The zero-order chi connectivity index (χ0) is 18.0. The van der Waals surface area contributed by atoms with Crippen molar-refractivity contribution in [2.24, 2.45) is 0 Å². The number of hydrogen-bond donors (Lipinski definition) is 2. The molecule has 0 spiro atoms. The maximum Gasteiger partial charge on any atom is 0.322 e. The number of thiophene rings is 1. The lowest BCUT2D eigenvalue weighted by Crippen LogP contribution is -2.42. The first-order chi connectivity index (χ1) is 11.9. The van der Waals surface area contributed by atoms with Crippen LogP contribution in [0.3, 0.4) is 0 Å². The first kappa shape index (κ1) is 17.4. The van der Waals surface area contributed by atoms with Crippen molar-refractivity contribution >= 4 is 35.2 Å². The molecule has 3 heterocycles. The van der Waals surface area contributed by atoms with Crippen molar-refractivity contribution in [3.8, 4) is 0 Å². The lowest BCUT2D eigenvalue weighted by molar-refractivity contribution is -0.159. The van der Waals surface area contributed by atoms with Gasteiger partial charge in [-0.05, 0) is 36.8 Å². The van der Waals surface area contributed by atoms with Crippen LogP contribution in [0, 0.1) is 0 Å². The van der Waals surface area contributed by atoms with E-state index in [1.807, 2.05) is 11.4 Å². The van der Waals surface area contributed by atoms with Crippen molar-refractivity contribution in [1.29, 1.82) is 0 Å². The van der Waals surface area contributed by atoms with Crippen molar-refractivity contribution in [1.82, 2.24) is 15.5 Å². The SMILES string of the molecule is C[C@H](OC(=O)CC[C@@H]1NC(=O)NC1=O)C(=O)N1CCc2sccc2C1. The molecule has 4 amide bonds. The zero-order valence-corrected chi connectivity index (χ0v) is 14.6. The Morgan fingerprint density at radius 3 is 2.96 bits per heavy atom. The molecule has 0 bridgehead atoms. The van der Waals surface area contributed by atoms with Gasteiger partial charge in [-0.3, -0.25) is 19.7 Å². The Hall–Kier alpha value is -2.42. The minimum Gasteiger partial charge on any atom is -0.453 e. The van der Waals surface area contributed by atoms with Crippen LogP contribution in [-0.2, 0) is 32.1 Å². The molecule has 1 aromatic heterocycles. The number of urea groups is 1. The third-order valence-corrected chi connectivity index (χ3v) is 5.29. The average molecular weight is 365 g/mol. The summed E-state index contributed by atoms with van der Waals surface area (Å²) in [7, 11) is 0. The summed E-state index contributed by atoms with van der Waals surface area (Å²) in [5.41, 5.74) is 1.14. The van der Waals surface area contributed by atoms with E-state index < -0.39 is 30.1 Å². The second-order valence-electron chi connectivity index (χ2n) is 6.06. The maximum absolute atomic E-state index is 12.5. The van der Waals surface area contributed by atoms with Crippen molar-refractivity contribution in [3.05, 3.63) is 21.9 Å². The van der Waals surface area contributed by atoms with Crippen LogP contribution in [0.15, 0.2) is 11.4 Å². The fourth-order valence-corrected chi connectivity index (χ4v) is 3.81. The van der Waals surface area contributed by atoms with Gasteiger partial charge in [-0.25, -0.2) is 4.79 Å². The molecule has 3 rings (SSSR count). The number of hydrogen-bond acceptors (Lipinski definition) is 6. The molecule has 2 N–H and O–H groups in total. The number of esters is 1. The van der Waals surface area contributed by atoms with E-state index in [1.165, 1.54) is 4.88 Å². The average Bonchev–Trinajstić information content (AvgIpc) is 3.17. The first-order valence-electron chi connectivity index (χ1n) is 8.09. The van der Waals surface area contributed by atoms with Crippen LogP contribution in [0.5, 0.6) is 0 Å². The Balaban J connectivity index is 1.46. The summed E-state index contributed by atoms with van der Waals surface area (Å²) < 4.78 is 5.18. The Bertz CT molecular complexity index is 716. The van der Waals surface area contributed by atoms with Crippen LogP contribution in [0.1, 0.15) is 30.2 Å². The Kier molecular flexibility index (Phi) is 5.03. The highest BCUT2D eigenvalue weighted by molar-refractivity contribution is 7.10. The van der Waals surface area contributed by atoms with E-state index >= 15 is 0 Å². The van der Waals surface area contributed by atoms with Crippen molar-refractivity contribution < 1.29 is 23.9 Å². The number of carbonyl (C=O) groups excluding carboxylic acids is 4. The molecular formula is C16H19N3O5S. The molecule has 1 aromatic rings. The fourth-order valence-electron chi connectivity index (χ4n) is 2.92. The molecule has 1 saturated heterocycles. The van der Waals surface area contributed by atoms with E-state index in [0.29, 0.717) is 13.1 Å². The molecule has 0 saturated carbocycles. The third kappa shape index (κ3) is 3.98. The number of nitrogens with one attached hydrogen (secondary N) is 2. The molecule has 8 nitrogen and oxygen atoms in total. The van der Waals surface area contributed by atoms with Gasteiger partial charge in [0.2, 0.25) is 0 Å². The molecule has 0 unspecified atom stereocenters. The number of imide groups is 1. The summed E-state index contributed by atoms with van der Waals surface area (Å²) in [5.74, 6) is -1.25. The van der Waals surface area contributed by atoms with Gasteiger partial charge in [0.15, 0.2) is 6.10 Å². The van der Waals surface area contributed by atoms with Crippen LogP contribution in [0.25, 0.3) is 0 Å². The largest absolute Gasteiger partial charge is 0.453 e. The summed E-state index contributed by atoms with van der Waals surface area (Å²) in [5, 5.41) is 6.52.